The van der Waals surface area contributed by atoms with E-state index in [1.807, 2.05) is 74.4 Å². The number of aliphatic hydroxyl groups is 2. The van der Waals surface area contributed by atoms with Crippen LogP contribution in [0.1, 0.15) is 75.7 Å². The number of amides is 2. The van der Waals surface area contributed by atoms with Gasteiger partial charge in [0.2, 0.25) is 5.91 Å². The molecule has 2 aromatic carbocycles. The van der Waals surface area contributed by atoms with Crippen LogP contribution in [0.25, 0.3) is 11.1 Å². The van der Waals surface area contributed by atoms with Gasteiger partial charge in [0.1, 0.15) is 23.9 Å². The van der Waals surface area contributed by atoms with E-state index in [2.05, 4.69) is 36.7 Å². The number of ketones is 1. The first-order chi connectivity index (χ1) is 27.0. The van der Waals surface area contributed by atoms with Crippen molar-refractivity contribution in [3.05, 3.63) is 47.5 Å². The summed E-state index contributed by atoms with van der Waals surface area (Å²) in [6.45, 7) is 9.47. The van der Waals surface area contributed by atoms with Gasteiger partial charge in [-0.2, -0.15) is 5.06 Å². The van der Waals surface area contributed by atoms with Crippen LogP contribution >= 0.6 is 0 Å². The van der Waals surface area contributed by atoms with Crippen LogP contribution in [-0.4, -0.2) is 129 Å². The number of hydroxylamine groups is 2. The average Bonchev–Trinajstić information content (AvgIpc) is 3.56. The van der Waals surface area contributed by atoms with E-state index in [0.717, 1.165) is 54.6 Å². The maximum atomic E-state index is 14.3. The molecule has 2 aromatic rings. The van der Waals surface area contributed by atoms with Crippen molar-refractivity contribution in [1.82, 2.24) is 25.9 Å². The molecule has 3 unspecified atom stereocenters. The van der Waals surface area contributed by atoms with Crippen LogP contribution < -0.4 is 25.6 Å². The highest BCUT2D eigenvalue weighted by Gasteiger charge is 2.57. The average molecular weight is 791 g/mol. The minimum absolute atomic E-state index is 0.0127. The number of hydrogen-bond acceptors (Lipinski definition) is 11. The monoisotopic (exact) mass is 790 g/mol. The van der Waals surface area contributed by atoms with Crippen LogP contribution in [0.4, 0.5) is 5.69 Å². The van der Waals surface area contributed by atoms with E-state index >= 15 is 0 Å². The second-order valence-electron chi connectivity index (χ2n) is 18.1. The van der Waals surface area contributed by atoms with Crippen molar-refractivity contribution in [1.29, 1.82) is 0 Å². The zero-order chi connectivity index (χ0) is 41.3. The molecular formula is C44H66N6O7. The van der Waals surface area contributed by atoms with E-state index in [1.54, 1.807) is 19.1 Å². The number of methoxy groups -OCH3 is 1. The van der Waals surface area contributed by atoms with Crippen LogP contribution in [0.15, 0.2) is 36.4 Å². The maximum Gasteiger partial charge on any atom is 0.252 e. The number of hydrogen-bond donors (Lipinski definition) is 5. The Bertz CT molecular complexity index is 1760. The first-order valence-corrected chi connectivity index (χ1v) is 20.8. The Morgan fingerprint density at radius 3 is 2.46 bits per heavy atom. The molecule has 2 heterocycles. The van der Waals surface area contributed by atoms with Crippen molar-refractivity contribution in [2.45, 2.75) is 103 Å². The van der Waals surface area contributed by atoms with Crippen LogP contribution in [0.2, 0.25) is 0 Å². The second-order valence-corrected chi connectivity index (χ2v) is 18.1. The molecule has 0 radical (unpaired) electrons. The van der Waals surface area contributed by atoms with Crippen molar-refractivity contribution in [2.75, 3.05) is 59.9 Å². The number of aliphatic hydroxyl groups excluding tert-OH is 2. The summed E-state index contributed by atoms with van der Waals surface area (Å²) in [4.78, 5) is 52.1. The molecule has 7 rings (SSSR count). The highest BCUT2D eigenvalue weighted by Crippen LogP contribution is 2.61. The third kappa shape index (κ3) is 8.89. The van der Waals surface area contributed by atoms with E-state index < -0.39 is 30.2 Å². The van der Waals surface area contributed by atoms with Crippen LogP contribution in [-0.2, 0) is 21.0 Å². The fourth-order valence-electron chi connectivity index (χ4n) is 10.1. The number of likely N-dealkylation sites (N-methyl/N-ethyl adjacent to an activating group) is 1. The van der Waals surface area contributed by atoms with Gasteiger partial charge in [-0.15, -0.1) is 0 Å². The minimum Gasteiger partial charge on any atom is -0.496 e. The van der Waals surface area contributed by atoms with E-state index in [4.69, 9.17) is 9.57 Å². The number of piperidine rings is 1. The first-order valence-electron chi connectivity index (χ1n) is 20.8. The molecular weight excluding hydrogens is 725 g/mol. The van der Waals surface area contributed by atoms with Gasteiger partial charge < -0.3 is 40.7 Å². The van der Waals surface area contributed by atoms with E-state index in [9.17, 15) is 24.6 Å². The molecule has 5 aliphatic rings. The number of Topliss-reactive ketones (excluding diaryl/α,β-unsaturated/α-hetero) is 1. The van der Waals surface area contributed by atoms with Crippen LogP contribution in [0, 0.1) is 29.1 Å². The Kier molecular flexibility index (Phi) is 13.4. The van der Waals surface area contributed by atoms with Gasteiger partial charge in [-0.05, 0) is 100 Å². The number of para-hydroxylation sites is 1. The maximum absolute atomic E-state index is 14.3. The molecule has 2 saturated heterocycles. The third-order valence-electron chi connectivity index (χ3n) is 13.5. The summed E-state index contributed by atoms with van der Waals surface area (Å²) >= 11 is 0. The summed E-state index contributed by atoms with van der Waals surface area (Å²) < 4.78 is 6.09. The van der Waals surface area contributed by atoms with E-state index in [0.29, 0.717) is 35.6 Å². The van der Waals surface area contributed by atoms with Gasteiger partial charge in [0.05, 0.1) is 32.4 Å². The van der Waals surface area contributed by atoms with Crippen LogP contribution in [0.5, 0.6) is 5.75 Å². The number of rotatable bonds is 15. The van der Waals surface area contributed by atoms with Crippen molar-refractivity contribution >= 4 is 23.3 Å². The Morgan fingerprint density at radius 1 is 1.11 bits per heavy atom. The molecule has 0 aromatic heterocycles. The van der Waals surface area contributed by atoms with Crippen LogP contribution in [0.3, 0.4) is 0 Å². The Hall–Kier alpha value is -3.59. The number of anilines is 1. The number of carbonyl (C=O) groups is 3. The first kappa shape index (κ1) is 43.0. The molecule has 5 N–H and O–H groups in total. The Balaban J connectivity index is 1.28. The molecule has 2 bridgehead atoms. The summed E-state index contributed by atoms with van der Waals surface area (Å²) in [5.41, 5.74) is 3.64. The zero-order valence-corrected chi connectivity index (χ0v) is 35.4. The Morgan fingerprint density at radius 2 is 1.86 bits per heavy atom. The van der Waals surface area contributed by atoms with Crippen molar-refractivity contribution in [3.63, 3.8) is 0 Å². The highest BCUT2D eigenvalue weighted by atomic mass is 16.7. The highest BCUT2D eigenvalue weighted by molar-refractivity contribution is 6.01. The fraction of sp³-hybridized carbons (Fsp3) is 0.659. The summed E-state index contributed by atoms with van der Waals surface area (Å²) in [5.74, 6) is 0.712. The van der Waals surface area contributed by atoms with Gasteiger partial charge in [0.25, 0.3) is 5.91 Å². The van der Waals surface area contributed by atoms with Gasteiger partial charge >= 0.3 is 0 Å². The second kappa shape index (κ2) is 17.7. The van der Waals surface area contributed by atoms with Gasteiger partial charge in [-0.1, -0.05) is 45.4 Å². The van der Waals surface area contributed by atoms with Gasteiger partial charge in [-0.25, -0.2) is 0 Å². The molecule has 2 aliphatic heterocycles. The predicted octanol–water partition coefficient (Wildman–Crippen LogP) is 3.46. The summed E-state index contributed by atoms with van der Waals surface area (Å²) in [5, 5.41) is 32.7. The van der Waals surface area contributed by atoms with E-state index in [-0.39, 0.29) is 48.2 Å². The van der Waals surface area contributed by atoms with Gasteiger partial charge in [-0.3, -0.25) is 19.2 Å². The fourth-order valence-corrected chi connectivity index (χ4v) is 10.1. The normalized spacial score (nSPS) is 29.3. The van der Waals surface area contributed by atoms with Crippen molar-refractivity contribution < 1.29 is 34.2 Å². The number of carbonyl (C=O) groups excluding carboxylic acids is 3. The number of nitrogens with zero attached hydrogens (tertiary/aromatic N) is 3. The molecule has 3 aliphatic carbocycles. The summed E-state index contributed by atoms with van der Waals surface area (Å²) in [7, 11) is 9.18. The van der Waals surface area contributed by atoms with Gasteiger partial charge in [0, 0.05) is 55.0 Å². The molecule has 2 amide bonds. The smallest absolute Gasteiger partial charge is 0.252 e. The lowest BCUT2D eigenvalue weighted by atomic mass is 9.45. The number of fused-ring (bicyclic) bond motifs is 2. The summed E-state index contributed by atoms with van der Waals surface area (Å²) in [6.07, 6.45) is 3.17. The lowest BCUT2D eigenvalue weighted by Crippen LogP contribution is -2.62. The van der Waals surface area contributed by atoms with Crippen molar-refractivity contribution in [2.24, 2.45) is 29.1 Å². The predicted molar refractivity (Wildman–Crippen MR) is 221 cm³/mol. The number of nitrogens with one attached hydrogen (secondary N) is 3. The molecule has 314 valence electrons. The minimum atomic E-state index is -0.919. The zero-order valence-electron chi connectivity index (χ0n) is 35.4. The lowest BCUT2D eigenvalue weighted by Gasteiger charge is -2.62. The van der Waals surface area contributed by atoms with Crippen molar-refractivity contribution in [3.8, 4) is 16.9 Å². The molecule has 5 fully saturated rings. The number of ether oxygens (including phenoxy) is 1. The quantitative estimate of drug-likeness (QED) is 0.180. The SMILES string of the molecule is COc1c(CN2O[C@@H](CO)C(C(C)O)[C@H]2C(=O)N[C@H]2C[C@H]3C[C@@H]([C@@H]2C)C3(C)C)cccc1-c1cc(C(=O)N[C@@H](CN(C)C)C(=O)C2CCCCN2)cc(N(C)C)c1. The molecule has 13 heteroatoms. The largest absolute Gasteiger partial charge is 0.496 e. The molecule has 0 spiro atoms. The van der Waals surface area contributed by atoms with E-state index in [1.165, 1.54) is 6.42 Å². The lowest BCUT2D eigenvalue weighted by molar-refractivity contribution is -0.183. The Labute approximate surface area is 338 Å². The standard InChI is InChI=1S/C44H66N6O7/c1-25-33-20-30(44(33,3)4)21-35(25)46-43(55)39-38(26(2)52)37(24-51)57-50(39)22-27-13-12-14-32(41(27)56-9)28-17-29(19-31(18-28)49(7)8)42(54)47-36(23-48(5)6)40(53)34-15-10-11-16-45-34/h12-14,17-19,25-26,30,33-39,45,51-52H,10-11,15-16,20-24H2,1-9H3,(H,46,55)(H,47,54)/t25-,26?,30+,33-,34?,35-,36-,37-,38?,39-/m0/s1. The molecule has 13 nitrogen and oxygen atoms in total. The topological polar surface area (TPSA) is 156 Å². The number of benzene rings is 2. The van der Waals surface area contributed by atoms with Gasteiger partial charge in [0.15, 0.2) is 5.78 Å². The molecule has 57 heavy (non-hydrogen) atoms. The third-order valence-corrected chi connectivity index (χ3v) is 13.5. The molecule has 3 saturated carbocycles. The summed E-state index contributed by atoms with van der Waals surface area (Å²) in [6, 6.07) is 9.52. The molecule has 10 atom stereocenters.